The molecule has 0 aliphatic heterocycles. The second-order valence-corrected chi connectivity index (χ2v) is 7.33. The molecule has 0 rings (SSSR count). The average Bonchev–Trinajstić information content (AvgIpc) is 2.01. The largest absolute Gasteiger partial charge is 0.395 e. The lowest BCUT2D eigenvalue weighted by atomic mass is 10.3. The van der Waals surface area contributed by atoms with Gasteiger partial charge < -0.3 is 10.4 Å². The van der Waals surface area contributed by atoms with Crippen molar-refractivity contribution in [3.63, 3.8) is 0 Å². The molecular formula is C9H21NO3S. The van der Waals surface area contributed by atoms with Crippen LogP contribution >= 0.6 is 0 Å². The predicted molar refractivity (Wildman–Crippen MR) is 58.1 cm³/mol. The predicted octanol–water partition coefficient (Wildman–Crippen LogP) is 0.170. The zero-order valence-corrected chi connectivity index (χ0v) is 10.2. The van der Waals surface area contributed by atoms with Crippen LogP contribution in [0.2, 0.25) is 0 Å². The molecule has 4 nitrogen and oxygen atoms in total. The zero-order valence-electron chi connectivity index (χ0n) is 9.37. The fourth-order valence-corrected chi connectivity index (χ4v) is 1.81. The van der Waals surface area contributed by atoms with Crippen molar-refractivity contribution in [1.29, 1.82) is 0 Å². The number of aliphatic hydroxyl groups is 1. The molecular weight excluding hydrogens is 202 g/mol. The summed E-state index contributed by atoms with van der Waals surface area (Å²) in [5.41, 5.74) is 0. The van der Waals surface area contributed by atoms with Gasteiger partial charge in [-0.3, -0.25) is 0 Å². The summed E-state index contributed by atoms with van der Waals surface area (Å²) in [5, 5.41) is 11.6. The van der Waals surface area contributed by atoms with Gasteiger partial charge in [-0.1, -0.05) is 0 Å². The smallest absolute Gasteiger partial charge is 0.156 e. The molecule has 0 bridgehead atoms. The van der Waals surface area contributed by atoms with Crippen LogP contribution in [0.15, 0.2) is 0 Å². The van der Waals surface area contributed by atoms with E-state index in [0.717, 1.165) is 0 Å². The molecule has 0 heterocycles. The highest BCUT2D eigenvalue weighted by molar-refractivity contribution is 7.92. The Labute approximate surface area is 86.6 Å². The minimum atomic E-state index is -3.05. The van der Waals surface area contributed by atoms with Crippen LogP contribution in [0, 0.1) is 0 Å². The molecule has 5 heteroatoms. The lowest BCUT2D eigenvalue weighted by molar-refractivity contribution is 0.253. The van der Waals surface area contributed by atoms with Crippen molar-refractivity contribution < 1.29 is 13.5 Å². The van der Waals surface area contributed by atoms with E-state index in [4.69, 9.17) is 5.11 Å². The Morgan fingerprint density at radius 2 is 1.86 bits per heavy atom. The van der Waals surface area contributed by atoms with Crippen molar-refractivity contribution in [1.82, 2.24) is 5.32 Å². The Bertz CT molecular complexity index is 254. The maximum Gasteiger partial charge on any atom is 0.156 e. The monoisotopic (exact) mass is 223 g/mol. The van der Waals surface area contributed by atoms with E-state index in [0.29, 0.717) is 6.54 Å². The second-order valence-electron chi connectivity index (χ2n) is 4.47. The summed E-state index contributed by atoms with van der Waals surface area (Å²) < 4.78 is 22.5. The number of rotatable bonds is 5. The summed E-state index contributed by atoms with van der Waals surface area (Å²) >= 11 is 0. The molecule has 0 saturated carbocycles. The molecule has 0 aliphatic rings. The molecule has 14 heavy (non-hydrogen) atoms. The van der Waals surface area contributed by atoms with Gasteiger partial charge in [0.05, 0.1) is 17.1 Å². The summed E-state index contributed by atoms with van der Waals surface area (Å²) in [7, 11) is -3.05. The van der Waals surface area contributed by atoms with Crippen molar-refractivity contribution in [2.24, 2.45) is 0 Å². The van der Waals surface area contributed by atoms with Crippen molar-refractivity contribution in [3.05, 3.63) is 0 Å². The van der Waals surface area contributed by atoms with E-state index in [2.05, 4.69) is 5.32 Å². The molecule has 0 aliphatic carbocycles. The molecule has 0 aromatic rings. The molecule has 2 N–H and O–H groups in total. The Balaban J connectivity index is 4.03. The van der Waals surface area contributed by atoms with E-state index in [1.54, 1.807) is 20.8 Å². The lowest BCUT2D eigenvalue weighted by Crippen LogP contribution is -2.38. The van der Waals surface area contributed by atoms with Gasteiger partial charge in [0.1, 0.15) is 0 Å². The number of sulfone groups is 1. The summed E-state index contributed by atoms with van der Waals surface area (Å²) in [6, 6.07) is -0.0508. The number of nitrogens with one attached hydrogen (secondary N) is 1. The Morgan fingerprint density at radius 1 is 1.36 bits per heavy atom. The summed E-state index contributed by atoms with van der Waals surface area (Å²) in [4.78, 5) is 0. The number of hydrogen-bond donors (Lipinski definition) is 2. The van der Waals surface area contributed by atoms with E-state index in [1.807, 2.05) is 6.92 Å². The molecule has 1 atom stereocenters. The van der Waals surface area contributed by atoms with Gasteiger partial charge in [-0.05, 0) is 27.7 Å². The second kappa shape index (κ2) is 5.09. The third-order valence-corrected chi connectivity index (χ3v) is 4.68. The number of aliphatic hydroxyl groups excluding tert-OH is 1. The van der Waals surface area contributed by atoms with Crippen LogP contribution in [0.4, 0.5) is 0 Å². The Morgan fingerprint density at radius 3 is 2.21 bits per heavy atom. The van der Waals surface area contributed by atoms with Crippen LogP contribution in [0.1, 0.15) is 27.7 Å². The van der Waals surface area contributed by atoms with Crippen LogP contribution in [0.3, 0.4) is 0 Å². The van der Waals surface area contributed by atoms with Gasteiger partial charge in [0.15, 0.2) is 9.84 Å². The van der Waals surface area contributed by atoms with Gasteiger partial charge in [-0.2, -0.15) is 0 Å². The van der Waals surface area contributed by atoms with Crippen LogP contribution in [-0.4, -0.2) is 43.2 Å². The van der Waals surface area contributed by atoms with Gasteiger partial charge in [0, 0.05) is 12.6 Å². The van der Waals surface area contributed by atoms with Gasteiger partial charge in [0.2, 0.25) is 0 Å². The first kappa shape index (κ1) is 13.9. The third kappa shape index (κ3) is 4.39. The van der Waals surface area contributed by atoms with Crippen LogP contribution < -0.4 is 5.32 Å². The Hall–Kier alpha value is -0.130. The highest BCUT2D eigenvalue weighted by Crippen LogP contribution is 2.15. The normalized spacial score (nSPS) is 15.5. The average molecular weight is 223 g/mol. The van der Waals surface area contributed by atoms with Crippen molar-refractivity contribution in [3.8, 4) is 0 Å². The molecule has 0 spiro atoms. The van der Waals surface area contributed by atoms with E-state index in [9.17, 15) is 8.42 Å². The van der Waals surface area contributed by atoms with Crippen molar-refractivity contribution >= 4 is 9.84 Å². The molecule has 86 valence electrons. The maximum atomic E-state index is 11.6. The zero-order chi connectivity index (χ0) is 11.4. The molecule has 0 fully saturated rings. The summed E-state index contributed by atoms with van der Waals surface area (Å²) in [6.45, 7) is 7.30. The topological polar surface area (TPSA) is 66.4 Å². The van der Waals surface area contributed by atoms with Gasteiger partial charge in [-0.15, -0.1) is 0 Å². The quantitative estimate of drug-likeness (QED) is 0.697. The molecule has 0 amide bonds. The van der Waals surface area contributed by atoms with Crippen molar-refractivity contribution in [2.45, 2.75) is 38.5 Å². The Kier molecular flexibility index (Phi) is 5.05. The van der Waals surface area contributed by atoms with Gasteiger partial charge >= 0.3 is 0 Å². The van der Waals surface area contributed by atoms with E-state index >= 15 is 0 Å². The van der Waals surface area contributed by atoms with Crippen LogP contribution in [0.5, 0.6) is 0 Å². The first-order chi connectivity index (χ1) is 6.20. The van der Waals surface area contributed by atoms with E-state index < -0.39 is 14.6 Å². The number of hydrogen-bond acceptors (Lipinski definition) is 4. The lowest BCUT2D eigenvalue weighted by Gasteiger charge is -2.20. The minimum absolute atomic E-state index is 0.0234. The molecule has 0 saturated heterocycles. The van der Waals surface area contributed by atoms with E-state index in [1.165, 1.54) is 0 Å². The first-order valence-corrected chi connectivity index (χ1v) is 6.42. The maximum absolute atomic E-state index is 11.6. The summed E-state index contributed by atoms with van der Waals surface area (Å²) in [5.74, 6) is 0.112. The highest BCUT2D eigenvalue weighted by Gasteiger charge is 2.28. The third-order valence-electron chi connectivity index (χ3n) is 2.07. The summed E-state index contributed by atoms with van der Waals surface area (Å²) in [6.07, 6.45) is 0. The fraction of sp³-hybridized carbons (Fsp3) is 1.00. The van der Waals surface area contributed by atoms with Gasteiger partial charge in [0.25, 0.3) is 0 Å². The molecule has 0 aromatic carbocycles. The van der Waals surface area contributed by atoms with Gasteiger partial charge in [-0.25, -0.2) is 8.42 Å². The van der Waals surface area contributed by atoms with Crippen LogP contribution in [-0.2, 0) is 9.84 Å². The molecule has 1 unspecified atom stereocenters. The molecule has 0 radical (unpaired) electrons. The van der Waals surface area contributed by atoms with Crippen molar-refractivity contribution in [2.75, 3.05) is 18.9 Å². The van der Waals surface area contributed by atoms with Crippen LogP contribution in [0.25, 0.3) is 0 Å². The highest BCUT2D eigenvalue weighted by atomic mass is 32.2. The first-order valence-electron chi connectivity index (χ1n) is 4.77. The SMILES string of the molecule is CC(CO)NCCS(=O)(=O)C(C)(C)C. The molecule has 0 aromatic heterocycles. The fourth-order valence-electron chi connectivity index (χ4n) is 0.810. The van der Waals surface area contributed by atoms with E-state index in [-0.39, 0.29) is 18.4 Å². The standard InChI is InChI=1S/C9H21NO3S/c1-8(7-11)10-5-6-14(12,13)9(2,3)4/h8,10-11H,5-7H2,1-4H3. The minimum Gasteiger partial charge on any atom is -0.395 e.